The largest absolute Gasteiger partial charge is 0.272 e. The van der Waals surface area contributed by atoms with Crippen molar-refractivity contribution in [3.63, 3.8) is 0 Å². The summed E-state index contributed by atoms with van der Waals surface area (Å²) in [5, 5.41) is 9.45. The van der Waals surface area contributed by atoms with E-state index in [0.29, 0.717) is 10.6 Å². The first kappa shape index (κ1) is 18.5. The molecule has 0 unspecified atom stereocenters. The van der Waals surface area contributed by atoms with E-state index < -0.39 is 5.91 Å². The maximum absolute atomic E-state index is 12.4. The minimum absolute atomic E-state index is 0.284. The van der Waals surface area contributed by atoms with E-state index in [2.05, 4.69) is 41.7 Å². The van der Waals surface area contributed by atoms with E-state index in [1.54, 1.807) is 18.3 Å². The van der Waals surface area contributed by atoms with Crippen LogP contribution in [0.4, 0.5) is 0 Å². The molecule has 4 rings (SSSR count). The molecule has 4 aromatic carbocycles. The number of nitrogens with one attached hydrogen (secondary N) is 1. The topological polar surface area (TPSA) is 41.5 Å². The standard InChI is InChI=1S/C23H16Cl2N2O/c1-14-16-6-2-4-8-18(16)21(19-9-5-3-7-17(14)19)13-26-27-23(28)20-11-10-15(24)12-22(20)25/h2-13H,1H3,(H,27,28)/b26-13-. The van der Waals surface area contributed by atoms with Crippen LogP contribution in [-0.4, -0.2) is 12.1 Å². The second-order valence-corrected chi connectivity index (χ2v) is 7.30. The van der Waals surface area contributed by atoms with Gasteiger partial charge in [0, 0.05) is 10.6 Å². The van der Waals surface area contributed by atoms with Crippen LogP contribution >= 0.6 is 23.2 Å². The summed E-state index contributed by atoms with van der Waals surface area (Å²) in [6, 6.07) is 21.1. The summed E-state index contributed by atoms with van der Waals surface area (Å²) in [4.78, 5) is 12.4. The first-order chi connectivity index (χ1) is 13.6. The Morgan fingerprint density at radius 1 is 0.893 bits per heavy atom. The lowest BCUT2D eigenvalue weighted by Gasteiger charge is -2.12. The van der Waals surface area contributed by atoms with E-state index in [4.69, 9.17) is 23.2 Å². The maximum Gasteiger partial charge on any atom is 0.272 e. The molecule has 0 aliphatic carbocycles. The summed E-state index contributed by atoms with van der Waals surface area (Å²) in [6.07, 6.45) is 1.69. The zero-order valence-corrected chi connectivity index (χ0v) is 16.6. The first-order valence-corrected chi connectivity index (χ1v) is 9.50. The van der Waals surface area contributed by atoms with Crippen LogP contribution in [0.3, 0.4) is 0 Å². The number of fused-ring (bicyclic) bond motifs is 2. The van der Waals surface area contributed by atoms with Gasteiger partial charge >= 0.3 is 0 Å². The van der Waals surface area contributed by atoms with Crippen molar-refractivity contribution in [1.29, 1.82) is 0 Å². The van der Waals surface area contributed by atoms with Crippen LogP contribution in [0.15, 0.2) is 71.8 Å². The summed E-state index contributed by atoms with van der Waals surface area (Å²) in [6.45, 7) is 2.12. The molecule has 1 amide bonds. The van der Waals surface area contributed by atoms with Gasteiger partial charge in [0.15, 0.2) is 0 Å². The Kier molecular flexibility index (Phi) is 5.03. The molecule has 0 saturated carbocycles. The second-order valence-electron chi connectivity index (χ2n) is 6.45. The van der Waals surface area contributed by atoms with Gasteiger partial charge in [-0.25, -0.2) is 5.43 Å². The van der Waals surface area contributed by atoms with E-state index >= 15 is 0 Å². The summed E-state index contributed by atoms with van der Waals surface area (Å²) < 4.78 is 0. The summed E-state index contributed by atoms with van der Waals surface area (Å²) >= 11 is 12.0. The number of hydrazone groups is 1. The Morgan fingerprint density at radius 2 is 1.46 bits per heavy atom. The van der Waals surface area contributed by atoms with Crippen molar-refractivity contribution in [3.8, 4) is 0 Å². The van der Waals surface area contributed by atoms with Crippen molar-refractivity contribution in [2.24, 2.45) is 5.10 Å². The van der Waals surface area contributed by atoms with Crippen molar-refractivity contribution >= 4 is 56.9 Å². The number of nitrogens with zero attached hydrogens (tertiary/aromatic N) is 1. The molecule has 0 aromatic heterocycles. The number of hydrogen-bond donors (Lipinski definition) is 1. The van der Waals surface area contributed by atoms with Gasteiger partial charge in [-0.2, -0.15) is 5.10 Å². The number of rotatable bonds is 3. The van der Waals surface area contributed by atoms with Crippen molar-refractivity contribution < 1.29 is 4.79 Å². The molecule has 0 saturated heterocycles. The van der Waals surface area contributed by atoms with E-state index in [9.17, 15) is 4.79 Å². The van der Waals surface area contributed by atoms with Gasteiger partial charge in [0.2, 0.25) is 0 Å². The molecule has 1 N–H and O–H groups in total. The Labute approximate surface area is 172 Å². The van der Waals surface area contributed by atoms with Gasteiger partial charge in [-0.05, 0) is 52.2 Å². The molecular weight excluding hydrogens is 391 g/mol. The minimum atomic E-state index is -0.390. The number of aryl methyl sites for hydroxylation is 1. The fourth-order valence-corrected chi connectivity index (χ4v) is 3.90. The monoisotopic (exact) mass is 406 g/mol. The SMILES string of the molecule is Cc1c2ccccc2c(/C=N\NC(=O)c2ccc(Cl)cc2Cl)c2ccccc12. The van der Waals surface area contributed by atoms with Crippen LogP contribution in [0.25, 0.3) is 21.5 Å². The highest BCUT2D eigenvalue weighted by Gasteiger charge is 2.11. The highest BCUT2D eigenvalue weighted by Crippen LogP contribution is 2.31. The Morgan fingerprint density at radius 3 is 2.04 bits per heavy atom. The molecule has 5 heteroatoms. The number of halogens is 2. The lowest BCUT2D eigenvalue weighted by Crippen LogP contribution is -2.18. The van der Waals surface area contributed by atoms with Gasteiger partial charge < -0.3 is 0 Å². The van der Waals surface area contributed by atoms with Gasteiger partial charge in [-0.1, -0.05) is 71.7 Å². The molecule has 0 aliphatic rings. The second kappa shape index (κ2) is 7.63. The van der Waals surface area contributed by atoms with Crippen molar-refractivity contribution in [3.05, 3.63) is 93.5 Å². The minimum Gasteiger partial charge on any atom is -0.267 e. The number of carbonyl (C=O) groups excluding carboxylic acids is 1. The summed E-state index contributed by atoms with van der Waals surface area (Å²) in [5.41, 5.74) is 5.06. The number of hydrogen-bond acceptors (Lipinski definition) is 2. The van der Waals surface area contributed by atoms with Gasteiger partial charge in [-0.15, -0.1) is 0 Å². The predicted octanol–water partition coefficient (Wildman–Crippen LogP) is 6.37. The lowest BCUT2D eigenvalue weighted by molar-refractivity contribution is 0.0955. The van der Waals surface area contributed by atoms with Gasteiger partial charge in [0.05, 0.1) is 16.8 Å². The lowest BCUT2D eigenvalue weighted by atomic mass is 9.93. The fraction of sp³-hybridized carbons (Fsp3) is 0.0435. The van der Waals surface area contributed by atoms with Gasteiger partial charge in [0.1, 0.15) is 0 Å². The van der Waals surface area contributed by atoms with E-state index in [0.717, 1.165) is 27.1 Å². The molecule has 0 heterocycles. The third-order valence-corrected chi connectivity index (χ3v) is 5.33. The molecular formula is C23H16Cl2N2O. The molecule has 0 radical (unpaired) electrons. The smallest absolute Gasteiger partial charge is 0.267 e. The quantitative estimate of drug-likeness (QED) is 0.239. The average molecular weight is 407 g/mol. The summed E-state index contributed by atoms with van der Waals surface area (Å²) in [7, 11) is 0. The molecule has 0 spiro atoms. The molecule has 3 nitrogen and oxygen atoms in total. The maximum atomic E-state index is 12.4. The van der Waals surface area contributed by atoms with Crippen LogP contribution in [0.1, 0.15) is 21.5 Å². The average Bonchev–Trinajstić information content (AvgIpc) is 2.70. The zero-order chi connectivity index (χ0) is 19.7. The number of carbonyl (C=O) groups is 1. The predicted molar refractivity (Wildman–Crippen MR) is 118 cm³/mol. The van der Waals surface area contributed by atoms with E-state index in [1.165, 1.54) is 11.6 Å². The Hall–Kier alpha value is -2.88. The first-order valence-electron chi connectivity index (χ1n) is 8.75. The molecule has 0 bridgehead atoms. The molecule has 138 valence electrons. The van der Waals surface area contributed by atoms with Crippen LogP contribution in [0, 0.1) is 6.92 Å². The normalized spacial score (nSPS) is 11.4. The molecule has 28 heavy (non-hydrogen) atoms. The van der Waals surface area contributed by atoms with E-state index in [1.807, 2.05) is 24.3 Å². The third kappa shape index (κ3) is 3.35. The Bertz CT molecular complexity index is 1190. The number of amides is 1. The molecule has 0 aliphatic heterocycles. The highest BCUT2D eigenvalue weighted by molar-refractivity contribution is 6.36. The van der Waals surface area contributed by atoms with Crippen molar-refractivity contribution in [2.45, 2.75) is 6.92 Å². The van der Waals surface area contributed by atoms with Crippen LogP contribution in [-0.2, 0) is 0 Å². The van der Waals surface area contributed by atoms with Crippen molar-refractivity contribution in [1.82, 2.24) is 5.43 Å². The molecule has 4 aromatic rings. The molecule has 0 fully saturated rings. The summed E-state index contributed by atoms with van der Waals surface area (Å²) in [5.74, 6) is -0.390. The zero-order valence-electron chi connectivity index (χ0n) is 15.0. The number of benzene rings is 4. The van der Waals surface area contributed by atoms with E-state index in [-0.39, 0.29) is 5.02 Å². The van der Waals surface area contributed by atoms with Crippen LogP contribution in [0.2, 0.25) is 10.0 Å². The van der Waals surface area contributed by atoms with Gasteiger partial charge in [0.25, 0.3) is 5.91 Å². The highest BCUT2D eigenvalue weighted by atomic mass is 35.5. The third-order valence-electron chi connectivity index (χ3n) is 4.78. The van der Waals surface area contributed by atoms with Crippen LogP contribution in [0.5, 0.6) is 0 Å². The fourth-order valence-electron chi connectivity index (χ4n) is 3.41. The van der Waals surface area contributed by atoms with Gasteiger partial charge in [-0.3, -0.25) is 4.79 Å². The molecule has 0 atom stereocenters. The van der Waals surface area contributed by atoms with Crippen molar-refractivity contribution in [2.75, 3.05) is 0 Å². The Balaban J connectivity index is 1.74. The van der Waals surface area contributed by atoms with Crippen LogP contribution < -0.4 is 5.43 Å².